The van der Waals surface area contributed by atoms with Crippen LogP contribution >= 0.6 is 24.0 Å². The van der Waals surface area contributed by atoms with E-state index in [1.165, 1.54) is 5.69 Å². The van der Waals surface area contributed by atoms with Crippen LogP contribution in [0.3, 0.4) is 0 Å². The van der Waals surface area contributed by atoms with Crippen molar-refractivity contribution in [3.63, 3.8) is 0 Å². The fourth-order valence-electron chi connectivity index (χ4n) is 1.82. The van der Waals surface area contributed by atoms with Gasteiger partial charge in [-0.3, -0.25) is 0 Å². The molecule has 18 heavy (non-hydrogen) atoms. The highest BCUT2D eigenvalue weighted by atomic mass is 32.2. The molecule has 5 heteroatoms. The minimum Gasteiger partial charge on any atom is -0.358 e. The molecule has 0 atom stereocenters. The molecule has 0 saturated heterocycles. The van der Waals surface area contributed by atoms with Crippen molar-refractivity contribution < 1.29 is 4.40 Å². The fourth-order valence-corrected chi connectivity index (χ4v) is 3.13. The maximum atomic E-state index is 5.42. The second kappa shape index (κ2) is 6.20. The lowest BCUT2D eigenvalue weighted by molar-refractivity contribution is -0.510. The van der Waals surface area contributed by atoms with Gasteiger partial charge in [0.2, 0.25) is 0 Å². The van der Waals surface area contributed by atoms with Crippen molar-refractivity contribution in [3.05, 3.63) is 36.3 Å². The Kier molecular flexibility index (Phi) is 4.60. The minimum atomic E-state index is 0.886. The summed E-state index contributed by atoms with van der Waals surface area (Å²) < 4.78 is 3.07. The smallest absolute Gasteiger partial charge is 0.284 e. The number of hydrogen-bond donors (Lipinski definition) is 1. The maximum Gasteiger partial charge on any atom is 0.284 e. The van der Waals surface area contributed by atoms with Crippen LogP contribution in [-0.4, -0.2) is 27.3 Å². The van der Waals surface area contributed by atoms with Crippen LogP contribution in [0.1, 0.15) is 19.5 Å². The summed E-state index contributed by atoms with van der Waals surface area (Å²) >= 11 is 7.14. The number of nitrogens with zero attached hydrogens (tertiary/aromatic N) is 2. The number of aromatic amines is 1. The monoisotopic (exact) mass is 280 g/mol. The van der Waals surface area contributed by atoms with Gasteiger partial charge in [-0.05, 0) is 19.9 Å². The molecule has 0 spiro atoms. The number of hydrogen-bond acceptors (Lipinski definition) is 2. The first-order valence-corrected chi connectivity index (χ1v) is 7.53. The number of imidazole rings is 1. The molecule has 0 fully saturated rings. The molecule has 2 aromatic heterocycles. The number of thioether (sulfide) groups is 1. The summed E-state index contributed by atoms with van der Waals surface area (Å²) in [6.07, 6.45) is 4.16. The average molecular weight is 280 g/mol. The topological polar surface area (TPSA) is 23.1 Å². The summed E-state index contributed by atoms with van der Waals surface area (Å²) in [5.41, 5.74) is 2.31. The van der Waals surface area contributed by atoms with E-state index < -0.39 is 0 Å². The SMILES string of the molecule is CCN(CC)C(=S)SCc1c[n+]2ccccc2[nH]1. The molecule has 1 N–H and O–H groups in total. The number of H-pyrrole nitrogens is 1. The molecule has 0 amide bonds. The molecule has 96 valence electrons. The molecule has 0 saturated carbocycles. The second-order valence-electron chi connectivity index (χ2n) is 4.00. The highest BCUT2D eigenvalue weighted by molar-refractivity contribution is 8.22. The van der Waals surface area contributed by atoms with E-state index in [0.717, 1.165) is 28.8 Å². The Morgan fingerprint density at radius 2 is 2.17 bits per heavy atom. The Morgan fingerprint density at radius 1 is 1.39 bits per heavy atom. The van der Waals surface area contributed by atoms with Gasteiger partial charge in [-0.25, -0.2) is 9.38 Å². The molecule has 2 aromatic rings. The zero-order valence-electron chi connectivity index (χ0n) is 10.7. The zero-order chi connectivity index (χ0) is 13.0. The van der Waals surface area contributed by atoms with Gasteiger partial charge in [-0.15, -0.1) is 0 Å². The van der Waals surface area contributed by atoms with E-state index in [1.54, 1.807) is 11.8 Å². The Hall–Kier alpha value is -1.07. The number of fused-ring (bicyclic) bond motifs is 1. The van der Waals surface area contributed by atoms with Gasteiger partial charge >= 0.3 is 0 Å². The van der Waals surface area contributed by atoms with Gasteiger partial charge in [0.05, 0.1) is 11.9 Å². The summed E-state index contributed by atoms with van der Waals surface area (Å²) in [6, 6.07) is 6.12. The van der Waals surface area contributed by atoms with Gasteiger partial charge in [0.25, 0.3) is 5.65 Å². The van der Waals surface area contributed by atoms with E-state index >= 15 is 0 Å². The average Bonchev–Trinajstić information content (AvgIpc) is 2.80. The lowest BCUT2D eigenvalue weighted by Crippen LogP contribution is -2.26. The molecular formula is C13H18N3S2+. The van der Waals surface area contributed by atoms with Crippen molar-refractivity contribution in [2.45, 2.75) is 19.6 Å². The van der Waals surface area contributed by atoms with E-state index in [2.05, 4.69) is 40.4 Å². The quantitative estimate of drug-likeness (QED) is 0.688. The molecule has 0 bridgehead atoms. The lowest BCUT2D eigenvalue weighted by Gasteiger charge is -2.20. The molecular weight excluding hydrogens is 262 g/mol. The summed E-state index contributed by atoms with van der Waals surface area (Å²) in [6.45, 7) is 6.22. The Balaban J connectivity index is 1.99. The fraction of sp³-hybridized carbons (Fsp3) is 0.385. The number of rotatable bonds is 4. The number of aromatic nitrogens is 2. The number of thiocarbonyl (C=S) groups is 1. The molecule has 0 unspecified atom stereocenters. The van der Waals surface area contributed by atoms with E-state index in [4.69, 9.17) is 12.2 Å². The van der Waals surface area contributed by atoms with Crippen LogP contribution in [0, 0.1) is 0 Å². The molecule has 2 rings (SSSR count). The zero-order valence-corrected chi connectivity index (χ0v) is 12.4. The highest BCUT2D eigenvalue weighted by Gasteiger charge is 2.11. The molecule has 3 nitrogen and oxygen atoms in total. The van der Waals surface area contributed by atoms with Crippen molar-refractivity contribution in [3.8, 4) is 0 Å². The summed E-state index contributed by atoms with van der Waals surface area (Å²) in [4.78, 5) is 5.59. The Bertz CT molecular complexity index is 499. The van der Waals surface area contributed by atoms with Crippen molar-refractivity contribution in [1.82, 2.24) is 9.88 Å². The number of nitrogens with one attached hydrogen (secondary N) is 1. The third-order valence-electron chi connectivity index (χ3n) is 2.85. The first kappa shape index (κ1) is 13.4. The van der Waals surface area contributed by atoms with Crippen LogP contribution in [0.25, 0.3) is 5.65 Å². The Labute approximate surface area is 117 Å². The number of pyridine rings is 1. The van der Waals surface area contributed by atoms with Crippen molar-refractivity contribution in [2.75, 3.05) is 13.1 Å². The standard InChI is InChI=1S/C13H17N3S2/c1-3-15(4-2)13(17)18-10-11-9-16-8-6-5-7-12(16)14-11/h5-9H,3-4,10H2,1-2H3/p+1. The van der Waals surface area contributed by atoms with E-state index in [0.29, 0.717) is 0 Å². The van der Waals surface area contributed by atoms with Crippen LogP contribution in [0.15, 0.2) is 30.6 Å². The van der Waals surface area contributed by atoms with Gasteiger partial charge in [0.1, 0.15) is 10.5 Å². The molecule has 0 aromatic carbocycles. The Morgan fingerprint density at radius 3 is 2.83 bits per heavy atom. The maximum absolute atomic E-state index is 5.42. The minimum absolute atomic E-state index is 0.886. The summed E-state index contributed by atoms with van der Waals surface area (Å²) in [5.74, 6) is 0.886. The predicted octanol–water partition coefficient (Wildman–Crippen LogP) is 2.61. The first-order chi connectivity index (χ1) is 8.74. The van der Waals surface area contributed by atoms with Crippen LogP contribution in [0.2, 0.25) is 0 Å². The largest absolute Gasteiger partial charge is 0.358 e. The second-order valence-corrected chi connectivity index (χ2v) is 5.61. The van der Waals surface area contributed by atoms with Crippen molar-refractivity contribution in [1.29, 1.82) is 0 Å². The van der Waals surface area contributed by atoms with Gasteiger partial charge in [-0.2, -0.15) is 0 Å². The van der Waals surface area contributed by atoms with Gasteiger partial charge in [0, 0.05) is 19.2 Å². The molecule has 0 aliphatic heterocycles. The molecule has 0 radical (unpaired) electrons. The van der Waals surface area contributed by atoms with Crippen LogP contribution in [0.4, 0.5) is 0 Å². The normalized spacial score (nSPS) is 10.8. The molecule has 0 aliphatic rings. The van der Waals surface area contributed by atoms with Crippen molar-refractivity contribution >= 4 is 33.9 Å². The van der Waals surface area contributed by atoms with Crippen LogP contribution < -0.4 is 4.40 Å². The van der Waals surface area contributed by atoms with Crippen molar-refractivity contribution in [2.24, 2.45) is 0 Å². The summed E-state index contributed by atoms with van der Waals surface area (Å²) in [7, 11) is 0. The van der Waals surface area contributed by atoms with Gasteiger partial charge < -0.3 is 4.90 Å². The van der Waals surface area contributed by atoms with Crippen LogP contribution in [0.5, 0.6) is 0 Å². The van der Waals surface area contributed by atoms with Gasteiger partial charge in [0.15, 0.2) is 5.69 Å². The van der Waals surface area contributed by atoms with E-state index in [-0.39, 0.29) is 0 Å². The first-order valence-electron chi connectivity index (χ1n) is 6.14. The summed E-state index contributed by atoms with van der Waals surface area (Å²) in [5, 5.41) is 0. The lowest BCUT2D eigenvalue weighted by atomic mass is 10.5. The third-order valence-corrected chi connectivity index (χ3v) is 4.42. The predicted molar refractivity (Wildman–Crippen MR) is 80.8 cm³/mol. The highest BCUT2D eigenvalue weighted by Crippen LogP contribution is 2.15. The van der Waals surface area contributed by atoms with Gasteiger partial charge in [-0.1, -0.05) is 30.0 Å². The van der Waals surface area contributed by atoms with Crippen LogP contribution in [-0.2, 0) is 5.75 Å². The molecule has 0 aliphatic carbocycles. The van der Waals surface area contributed by atoms with E-state index in [1.807, 2.05) is 18.3 Å². The van der Waals surface area contributed by atoms with E-state index in [9.17, 15) is 0 Å². The molecule has 2 heterocycles. The third kappa shape index (κ3) is 3.03.